The molecule has 104 valence electrons. The number of aliphatic imine (C=N–C) groups is 1. The van der Waals surface area contributed by atoms with E-state index in [2.05, 4.69) is 15.6 Å². The number of carbonyl (C=O) groups excluding carboxylic acids is 1. The molecule has 6 nitrogen and oxygen atoms in total. The topological polar surface area (TPSA) is 88.7 Å². The summed E-state index contributed by atoms with van der Waals surface area (Å²) in [6.45, 7) is 1.07. The van der Waals surface area contributed by atoms with Crippen LogP contribution in [0.5, 0.6) is 0 Å². The zero-order chi connectivity index (χ0) is 13.2. The predicted molar refractivity (Wildman–Crippen MR) is 71.4 cm³/mol. The number of ether oxygens (including phenoxy) is 1. The van der Waals surface area contributed by atoms with Crippen molar-refractivity contribution >= 4 is 11.9 Å². The number of nitrogens with zero attached hydrogens (tertiary/aromatic N) is 1. The van der Waals surface area contributed by atoms with Gasteiger partial charge in [0.2, 0.25) is 5.91 Å². The molecule has 1 aliphatic rings. The maximum atomic E-state index is 11.4. The van der Waals surface area contributed by atoms with Crippen molar-refractivity contribution in [1.29, 1.82) is 0 Å². The lowest BCUT2D eigenvalue weighted by Crippen LogP contribution is -2.41. The number of nitrogens with one attached hydrogen (secondary N) is 2. The number of amides is 1. The van der Waals surface area contributed by atoms with Crippen LogP contribution in [-0.2, 0) is 9.53 Å². The Morgan fingerprint density at radius 1 is 1.39 bits per heavy atom. The van der Waals surface area contributed by atoms with Gasteiger partial charge in [-0.1, -0.05) is 19.3 Å². The van der Waals surface area contributed by atoms with Gasteiger partial charge >= 0.3 is 0 Å². The van der Waals surface area contributed by atoms with Crippen molar-refractivity contribution < 1.29 is 9.53 Å². The largest absolute Gasteiger partial charge is 0.383 e. The van der Waals surface area contributed by atoms with E-state index in [0.29, 0.717) is 25.2 Å². The summed E-state index contributed by atoms with van der Waals surface area (Å²) in [5.74, 6) is 0.226. The molecule has 1 amide bonds. The summed E-state index contributed by atoms with van der Waals surface area (Å²) in [7, 11) is 1.59. The second kappa shape index (κ2) is 8.74. The maximum Gasteiger partial charge on any atom is 0.241 e. The first-order chi connectivity index (χ1) is 8.72. The molecular formula is C12H24N4O2. The minimum absolute atomic E-state index is 0.0647. The van der Waals surface area contributed by atoms with Gasteiger partial charge in [0.25, 0.3) is 0 Å². The quantitative estimate of drug-likeness (QED) is 0.354. The van der Waals surface area contributed by atoms with Gasteiger partial charge in [0.1, 0.15) is 6.54 Å². The zero-order valence-corrected chi connectivity index (χ0v) is 11.1. The third-order valence-corrected chi connectivity index (χ3v) is 2.98. The Hall–Kier alpha value is -1.30. The summed E-state index contributed by atoms with van der Waals surface area (Å²) in [6.07, 6.45) is 6.05. The average molecular weight is 256 g/mol. The smallest absolute Gasteiger partial charge is 0.241 e. The summed E-state index contributed by atoms with van der Waals surface area (Å²) in [4.78, 5) is 15.4. The van der Waals surface area contributed by atoms with Gasteiger partial charge < -0.3 is 21.1 Å². The second-order valence-corrected chi connectivity index (χ2v) is 4.52. The first kappa shape index (κ1) is 14.8. The predicted octanol–water partition coefficient (Wildman–Crippen LogP) is -0.0140. The van der Waals surface area contributed by atoms with Crippen molar-refractivity contribution in [3.63, 3.8) is 0 Å². The van der Waals surface area contributed by atoms with Crippen LogP contribution in [0.1, 0.15) is 32.1 Å². The molecule has 0 bridgehead atoms. The fraction of sp³-hybridized carbons (Fsp3) is 0.833. The van der Waals surface area contributed by atoms with Gasteiger partial charge in [0.05, 0.1) is 6.61 Å². The summed E-state index contributed by atoms with van der Waals surface area (Å²) in [5, 5.41) is 5.85. The van der Waals surface area contributed by atoms with E-state index in [4.69, 9.17) is 10.5 Å². The number of nitrogens with two attached hydrogens (primary N) is 1. The summed E-state index contributed by atoms with van der Waals surface area (Å²) in [6, 6.07) is 0.416. The summed E-state index contributed by atoms with van der Waals surface area (Å²) in [5.41, 5.74) is 5.74. The van der Waals surface area contributed by atoms with Gasteiger partial charge in [-0.2, -0.15) is 0 Å². The Labute approximate surface area is 108 Å². The molecule has 0 aromatic rings. The number of hydrogen-bond acceptors (Lipinski definition) is 3. The highest BCUT2D eigenvalue weighted by Crippen LogP contribution is 2.16. The third-order valence-electron chi connectivity index (χ3n) is 2.98. The molecule has 0 aromatic heterocycles. The lowest BCUT2D eigenvalue weighted by Gasteiger charge is -2.23. The normalized spacial score (nSPS) is 17.5. The molecule has 0 aromatic carbocycles. The second-order valence-electron chi connectivity index (χ2n) is 4.52. The fourth-order valence-corrected chi connectivity index (χ4v) is 2.01. The van der Waals surface area contributed by atoms with Gasteiger partial charge in [-0.3, -0.25) is 4.79 Å². The maximum absolute atomic E-state index is 11.4. The van der Waals surface area contributed by atoms with E-state index < -0.39 is 0 Å². The number of rotatable bonds is 6. The van der Waals surface area contributed by atoms with Crippen LogP contribution < -0.4 is 16.4 Å². The van der Waals surface area contributed by atoms with Crippen molar-refractivity contribution in [3.8, 4) is 0 Å². The van der Waals surface area contributed by atoms with E-state index in [9.17, 15) is 4.79 Å². The highest BCUT2D eigenvalue weighted by Gasteiger charge is 2.13. The molecule has 6 heteroatoms. The minimum Gasteiger partial charge on any atom is -0.383 e. The minimum atomic E-state index is -0.138. The molecule has 1 saturated carbocycles. The Morgan fingerprint density at radius 2 is 2.11 bits per heavy atom. The molecule has 0 spiro atoms. The molecule has 1 fully saturated rings. The molecule has 4 N–H and O–H groups in total. The lowest BCUT2D eigenvalue weighted by molar-refractivity contribution is -0.119. The van der Waals surface area contributed by atoms with E-state index in [0.717, 1.165) is 12.8 Å². The molecule has 1 aliphatic carbocycles. The van der Waals surface area contributed by atoms with Crippen LogP contribution in [0.3, 0.4) is 0 Å². The van der Waals surface area contributed by atoms with Crippen LogP contribution in [-0.4, -0.2) is 44.7 Å². The van der Waals surface area contributed by atoms with Gasteiger partial charge in [-0.05, 0) is 12.8 Å². The van der Waals surface area contributed by atoms with E-state index in [1.807, 2.05) is 0 Å². The van der Waals surface area contributed by atoms with Crippen LogP contribution in [0.2, 0.25) is 0 Å². The standard InChI is InChI=1S/C12H24N4O2/c1-18-8-7-14-11(17)9-15-12(13)16-10-5-3-2-4-6-10/h10H,2-9H2,1H3,(H,14,17)(H3,13,15,16). The van der Waals surface area contributed by atoms with Crippen molar-refractivity contribution in [3.05, 3.63) is 0 Å². The highest BCUT2D eigenvalue weighted by molar-refractivity contribution is 5.84. The summed E-state index contributed by atoms with van der Waals surface area (Å²) < 4.78 is 4.83. The van der Waals surface area contributed by atoms with E-state index in [1.54, 1.807) is 7.11 Å². The van der Waals surface area contributed by atoms with Gasteiger partial charge in [0, 0.05) is 19.7 Å². The average Bonchev–Trinajstić information content (AvgIpc) is 2.38. The Morgan fingerprint density at radius 3 is 2.78 bits per heavy atom. The molecule has 1 rings (SSSR count). The SMILES string of the molecule is COCCNC(=O)CN=C(N)NC1CCCCC1. The highest BCUT2D eigenvalue weighted by atomic mass is 16.5. The van der Waals surface area contributed by atoms with Gasteiger partial charge in [-0.15, -0.1) is 0 Å². The van der Waals surface area contributed by atoms with Crippen LogP contribution >= 0.6 is 0 Å². The molecule has 0 atom stereocenters. The van der Waals surface area contributed by atoms with Crippen LogP contribution in [0.4, 0.5) is 0 Å². The van der Waals surface area contributed by atoms with Crippen molar-refractivity contribution in [2.24, 2.45) is 10.7 Å². The molecule has 0 unspecified atom stereocenters. The molecule has 18 heavy (non-hydrogen) atoms. The molecular weight excluding hydrogens is 232 g/mol. The lowest BCUT2D eigenvalue weighted by atomic mass is 9.96. The molecule has 0 heterocycles. The molecule has 0 saturated heterocycles. The molecule has 0 radical (unpaired) electrons. The first-order valence-corrected chi connectivity index (χ1v) is 6.54. The van der Waals surface area contributed by atoms with Crippen molar-refractivity contribution in [1.82, 2.24) is 10.6 Å². The molecule has 0 aliphatic heterocycles. The number of hydrogen-bond donors (Lipinski definition) is 3. The van der Waals surface area contributed by atoms with Gasteiger partial charge in [-0.25, -0.2) is 4.99 Å². The zero-order valence-electron chi connectivity index (χ0n) is 11.1. The van der Waals surface area contributed by atoms with Crippen molar-refractivity contribution in [2.75, 3.05) is 26.8 Å². The Bertz CT molecular complexity index is 275. The summed E-state index contributed by atoms with van der Waals surface area (Å²) >= 11 is 0. The van der Waals surface area contributed by atoms with E-state index in [1.165, 1.54) is 19.3 Å². The first-order valence-electron chi connectivity index (χ1n) is 6.54. The van der Waals surface area contributed by atoms with Crippen molar-refractivity contribution in [2.45, 2.75) is 38.1 Å². The monoisotopic (exact) mass is 256 g/mol. The fourth-order valence-electron chi connectivity index (χ4n) is 2.01. The van der Waals surface area contributed by atoms with E-state index in [-0.39, 0.29) is 12.5 Å². The van der Waals surface area contributed by atoms with Crippen LogP contribution in [0.25, 0.3) is 0 Å². The van der Waals surface area contributed by atoms with Crippen LogP contribution in [0.15, 0.2) is 4.99 Å². The Kier molecular flexibility index (Phi) is 7.17. The third kappa shape index (κ3) is 6.44. The Balaban J connectivity index is 2.17. The number of guanidine groups is 1. The number of carbonyl (C=O) groups is 1. The van der Waals surface area contributed by atoms with Crippen LogP contribution in [0, 0.1) is 0 Å². The van der Waals surface area contributed by atoms with E-state index >= 15 is 0 Å². The van der Waals surface area contributed by atoms with Gasteiger partial charge in [0.15, 0.2) is 5.96 Å². The number of methoxy groups -OCH3 is 1.